The minimum absolute atomic E-state index is 0.0759. The lowest BCUT2D eigenvalue weighted by Gasteiger charge is -2.03. The number of nitrogens with zero attached hydrogens (tertiary/aromatic N) is 2. The van der Waals surface area contributed by atoms with E-state index < -0.39 is 16.0 Å². The topological polar surface area (TPSA) is 98.2 Å². The van der Waals surface area contributed by atoms with E-state index in [1.165, 1.54) is 7.11 Å². The van der Waals surface area contributed by atoms with E-state index in [1.807, 2.05) is 0 Å². The molecule has 96 valence electrons. The molecule has 0 saturated carbocycles. The summed E-state index contributed by atoms with van der Waals surface area (Å²) in [4.78, 5) is 14.7. The number of aromatic nitrogens is 2. The molecule has 0 bridgehead atoms. The quantitative estimate of drug-likeness (QED) is 0.763. The van der Waals surface area contributed by atoms with Crippen LogP contribution >= 0.6 is 11.5 Å². The van der Waals surface area contributed by atoms with Gasteiger partial charge in [0.15, 0.2) is 0 Å². The van der Waals surface area contributed by atoms with Gasteiger partial charge in [-0.3, -0.25) is 9.52 Å². The second kappa shape index (κ2) is 5.92. The molecule has 0 aliphatic carbocycles. The molecule has 0 atom stereocenters. The molecule has 0 aromatic carbocycles. The number of sulfonamides is 1. The maximum absolute atomic E-state index is 11.6. The first kappa shape index (κ1) is 13.8. The van der Waals surface area contributed by atoms with Crippen molar-refractivity contribution >= 4 is 32.7 Å². The van der Waals surface area contributed by atoms with Gasteiger partial charge in [-0.15, -0.1) is 0 Å². The lowest BCUT2D eigenvalue weighted by molar-refractivity contribution is -0.140. The van der Waals surface area contributed by atoms with Crippen molar-refractivity contribution < 1.29 is 17.9 Å². The molecule has 0 fully saturated rings. The van der Waals surface area contributed by atoms with Gasteiger partial charge in [0.05, 0.1) is 12.9 Å². The number of ether oxygens (including phenoxy) is 1. The minimum Gasteiger partial charge on any atom is -0.469 e. The molecule has 17 heavy (non-hydrogen) atoms. The van der Waals surface area contributed by atoms with Crippen LogP contribution in [0.4, 0.5) is 5.13 Å². The fourth-order valence-electron chi connectivity index (χ4n) is 1.03. The van der Waals surface area contributed by atoms with Crippen molar-refractivity contribution in [3.05, 3.63) is 5.82 Å². The van der Waals surface area contributed by atoms with Crippen LogP contribution in [0.1, 0.15) is 18.7 Å². The Bertz CT molecular complexity index is 483. The molecular weight excluding hydrogens is 266 g/mol. The van der Waals surface area contributed by atoms with E-state index in [-0.39, 0.29) is 23.7 Å². The first-order valence-electron chi connectivity index (χ1n) is 4.80. The lowest BCUT2D eigenvalue weighted by Crippen LogP contribution is -2.17. The van der Waals surface area contributed by atoms with Crippen molar-refractivity contribution in [3.8, 4) is 0 Å². The van der Waals surface area contributed by atoms with Crippen LogP contribution in [0.15, 0.2) is 0 Å². The predicted octanol–water partition coefficient (Wildman–Crippen LogP) is 0.541. The highest BCUT2D eigenvalue weighted by Gasteiger charge is 2.14. The Morgan fingerprint density at radius 1 is 1.53 bits per heavy atom. The molecule has 1 N–H and O–H groups in total. The van der Waals surface area contributed by atoms with Crippen molar-refractivity contribution in [1.82, 2.24) is 9.36 Å². The fraction of sp³-hybridized carbons (Fsp3) is 0.625. The fourth-order valence-corrected chi connectivity index (χ4v) is 2.93. The number of methoxy groups -OCH3 is 1. The Kier molecular flexibility index (Phi) is 4.82. The molecule has 9 heteroatoms. The Hall–Kier alpha value is -1.22. The summed E-state index contributed by atoms with van der Waals surface area (Å²) < 4.78 is 33.7. The highest BCUT2D eigenvalue weighted by molar-refractivity contribution is 7.92. The third-order valence-electron chi connectivity index (χ3n) is 1.79. The molecule has 0 saturated heterocycles. The molecule has 0 aliphatic heterocycles. The maximum Gasteiger partial charge on any atom is 0.305 e. The molecular formula is C8H13N3O4S2. The summed E-state index contributed by atoms with van der Waals surface area (Å²) in [6.45, 7) is 1.67. The summed E-state index contributed by atoms with van der Waals surface area (Å²) in [5, 5.41) is 0.237. The first-order valence-corrected chi connectivity index (χ1v) is 7.23. The maximum atomic E-state index is 11.6. The highest BCUT2D eigenvalue weighted by Crippen LogP contribution is 2.12. The second-order valence-electron chi connectivity index (χ2n) is 3.25. The van der Waals surface area contributed by atoms with E-state index >= 15 is 0 Å². The number of esters is 1. The van der Waals surface area contributed by atoms with Gasteiger partial charge in [0.1, 0.15) is 5.82 Å². The van der Waals surface area contributed by atoms with E-state index in [4.69, 9.17) is 0 Å². The number of nitrogens with one attached hydrogen (secondary N) is 1. The summed E-state index contributed by atoms with van der Waals surface area (Å²) in [6, 6.07) is 0. The predicted molar refractivity (Wildman–Crippen MR) is 63.3 cm³/mol. The number of carbonyl (C=O) groups excluding carboxylic acids is 1. The van der Waals surface area contributed by atoms with Gasteiger partial charge in [-0.05, 0) is 13.3 Å². The van der Waals surface area contributed by atoms with Crippen LogP contribution in [-0.2, 0) is 19.6 Å². The third kappa shape index (κ3) is 5.09. The van der Waals surface area contributed by atoms with Gasteiger partial charge in [0.2, 0.25) is 15.2 Å². The van der Waals surface area contributed by atoms with Gasteiger partial charge in [-0.25, -0.2) is 13.4 Å². The van der Waals surface area contributed by atoms with Crippen molar-refractivity contribution in [2.75, 3.05) is 17.6 Å². The van der Waals surface area contributed by atoms with E-state index in [0.717, 1.165) is 11.5 Å². The molecule has 0 aliphatic rings. The Morgan fingerprint density at radius 2 is 2.24 bits per heavy atom. The summed E-state index contributed by atoms with van der Waals surface area (Å²) >= 11 is 0.978. The van der Waals surface area contributed by atoms with Gasteiger partial charge in [0.25, 0.3) is 0 Å². The SMILES string of the molecule is COC(=O)CCCS(=O)(=O)Nc1nc(C)ns1. The summed E-state index contributed by atoms with van der Waals surface area (Å²) in [5.41, 5.74) is 0. The van der Waals surface area contributed by atoms with E-state index in [9.17, 15) is 13.2 Å². The molecule has 1 heterocycles. The molecule has 1 rings (SSSR count). The monoisotopic (exact) mass is 279 g/mol. The van der Waals surface area contributed by atoms with Crippen molar-refractivity contribution in [1.29, 1.82) is 0 Å². The molecule has 0 radical (unpaired) electrons. The smallest absolute Gasteiger partial charge is 0.305 e. The number of rotatable bonds is 6. The number of carbonyl (C=O) groups is 1. The van der Waals surface area contributed by atoms with Crippen LogP contribution in [0.2, 0.25) is 0 Å². The third-order valence-corrected chi connectivity index (χ3v) is 3.97. The number of anilines is 1. The molecule has 0 unspecified atom stereocenters. The standard InChI is InChI=1S/C8H13N3O4S2/c1-6-9-8(16-10-6)11-17(13,14)5-3-4-7(12)15-2/h3-5H2,1-2H3,(H,9,10,11). The zero-order chi connectivity index (χ0) is 12.9. The molecule has 0 amide bonds. The highest BCUT2D eigenvalue weighted by atomic mass is 32.2. The zero-order valence-electron chi connectivity index (χ0n) is 9.47. The average Bonchev–Trinajstić information content (AvgIpc) is 2.62. The van der Waals surface area contributed by atoms with Crippen molar-refractivity contribution in [3.63, 3.8) is 0 Å². The van der Waals surface area contributed by atoms with Crippen molar-refractivity contribution in [2.45, 2.75) is 19.8 Å². The average molecular weight is 279 g/mol. The van der Waals surface area contributed by atoms with Crippen LogP contribution in [0.25, 0.3) is 0 Å². The molecule has 0 spiro atoms. The number of aryl methyl sites for hydroxylation is 1. The van der Waals surface area contributed by atoms with E-state index in [1.54, 1.807) is 6.92 Å². The summed E-state index contributed by atoms with van der Waals surface area (Å²) in [7, 11) is -2.21. The van der Waals surface area contributed by atoms with Crippen LogP contribution in [0.3, 0.4) is 0 Å². The largest absolute Gasteiger partial charge is 0.469 e. The Morgan fingerprint density at radius 3 is 2.76 bits per heavy atom. The van der Waals surface area contributed by atoms with Crippen molar-refractivity contribution in [2.24, 2.45) is 0 Å². The number of hydrogen-bond acceptors (Lipinski definition) is 7. The van der Waals surface area contributed by atoms with Gasteiger partial charge in [-0.1, -0.05) is 0 Å². The van der Waals surface area contributed by atoms with Gasteiger partial charge in [-0.2, -0.15) is 4.37 Å². The van der Waals surface area contributed by atoms with Crippen LogP contribution in [-0.4, -0.2) is 36.6 Å². The normalized spacial score (nSPS) is 11.2. The Labute approximate surface area is 103 Å². The summed E-state index contributed by atoms with van der Waals surface area (Å²) in [5.74, 6) is -0.0602. The lowest BCUT2D eigenvalue weighted by atomic mass is 10.3. The van der Waals surface area contributed by atoms with E-state index in [2.05, 4.69) is 18.8 Å². The van der Waals surface area contributed by atoms with Gasteiger partial charge < -0.3 is 4.74 Å². The summed E-state index contributed by atoms with van der Waals surface area (Å²) in [6.07, 6.45) is 0.284. The van der Waals surface area contributed by atoms with Gasteiger partial charge in [0, 0.05) is 18.0 Å². The van der Waals surface area contributed by atoms with Crippen LogP contribution < -0.4 is 4.72 Å². The molecule has 1 aromatic heterocycles. The van der Waals surface area contributed by atoms with E-state index in [0.29, 0.717) is 5.82 Å². The molecule has 1 aromatic rings. The zero-order valence-corrected chi connectivity index (χ0v) is 11.1. The van der Waals surface area contributed by atoms with Crippen LogP contribution in [0.5, 0.6) is 0 Å². The number of hydrogen-bond donors (Lipinski definition) is 1. The minimum atomic E-state index is -3.48. The van der Waals surface area contributed by atoms with Gasteiger partial charge >= 0.3 is 5.97 Å². The molecule has 7 nitrogen and oxygen atoms in total. The second-order valence-corrected chi connectivity index (χ2v) is 5.84. The first-order chi connectivity index (χ1) is 7.93. The Balaban J connectivity index is 2.44. The van der Waals surface area contributed by atoms with Crippen LogP contribution in [0, 0.1) is 6.92 Å².